The number of nitrogens with two attached hydrogens (primary N) is 1. The predicted octanol–water partition coefficient (Wildman–Crippen LogP) is 3.79. The highest BCUT2D eigenvalue weighted by molar-refractivity contribution is 9.10. The van der Waals surface area contributed by atoms with Crippen LogP contribution in [0.1, 0.15) is 12.8 Å². The highest BCUT2D eigenvalue weighted by Gasteiger charge is 2.25. The first-order valence-corrected chi connectivity index (χ1v) is 5.53. The van der Waals surface area contributed by atoms with Crippen LogP contribution >= 0.6 is 15.9 Å². The van der Waals surface area contributed by atoms with E-state index < -0.39 is 12.6 Å². The van der Waals surface area contributed by atoms with Crippen LogP contribution in [0, 0.1) is 0 Å². The average molecular weight is 297 g/mol. The Morgan fingerprint density at radius 1 is 1.31 bits per heavy atom. The summed E-state index contributed by atoms with van der Waals surface area (Å²) in [6, 6.07) is 5.12. The molecule has 0 unspecified atom stereocenters. The summed E-state index contributed by atoms with van der Waals surface area (Å²) in [6.07, 6.45) is -4.80. The van der Waals surface area contributed by atoms with Crippen LogP contribution in [0.3, 0.4) is 0 Å². The second kappa shape index (κ2) is 5.43. The predicted molar refractivity (Wildman–Crippen MR) is 62.3 cm³/mol. The normalized spacial score (nSPS) is 11.5. The topological polar surface area (TPSA) is 38.0 Å². The van der Waals surface area contributed by atoms with Gasteiger partial charge >= 0.3 is 6.18 Å². The summed E-state index contributed by atoms with van der Waals surface area (Å²) in [4.78, 5) is 0. The maximum Gasteiger partial charge on any atom is 0.389 e. The molecule has 0 saturated heterocycles. The molecule has 16 heavy (non-hydrogen) atoms. The lowest BCUT2D eigenvalue weighted by molar-refractivity contribution is -0.134. The average Bonchev–Trinajstić information content (AvgIpc) is 2.13. The van der Waals surface area contributed by atoms with Crippen molar-refractivity contribution < 1.29 is 13.2 Å². The fourth-order valence-electron chi connectivity index (χ4n) is 1.19. The Labute approximate surface area is 100 Å². The zero-order valence-corrected chi connectivity index (χ0v) is 10.0. The molecule has 0 aliphatic carbocycles. The minimum atomic E-state index is -4.08. The van der Waals surface area contributed by atoms with Crippen molar-refractivity contribution >= 4 is 27.3 Å². The van der Waals surface area contributed by atoms with E-state index in [0.29, 0.717) is 5.69 Å². The van der Waals surface area contributed by atoms with Crippen LogP contribution in [0.2, 0.25) is 0 Å². The van der Waals surface area contributed by atoms with E-state index in [0.717, 1.165) is 10.2 Å². The van der Waals surface area contributed by atoms with Crippen molar-refractivity contribution in [2.45, 2.75) is 19.0 Å². The maximum absolute atomic E-state index is 11.9. The Kier molecular flexibility index (Phi) is 4.46. The number of anilines is 2. The van der Waals surface area contributed by atoms with Gasteiger partial charge in [0.2, 0.25) is 0 Å². The summed E-state index contributed by atoms with van der Waals surface area (Å²) in [6.45, 7) is 0.280. The standard InChI is InChI=1S/C10H12BrF3N2/c11-8-6-7(15)2-3-9(8)16-5-1-4-10(12,13)14/h2-3,6,16H,1,4-5,15H2. The van der Waals surface area contributed by atoms with Crippen LogP contribution in [0.25, 0.3) is 0 Å². The van der Waals surface area contributed by atoms with Crippen molar-refractivity contribution in [1.82, 2.24) is 0 Å². The van der Waals surface area contributed by atoms with E-state index in [-0.39, 0.29) is 13.0 Å². The smallest absolute Gasteiger partial charge is 0.389 e. The van der Waals surface area contributed by atoms with Gasteiger partial charge in [-0.1, -0.05) is 0 Å². The van der Waals surface area contributed by atoms with Crippen molar-refractivity contribution in [1.29, 1.82) is 0 Å². The van der Waals surface area contributed by atoms with E-state index in [2.05, 4.69) is 21.2 Å². The zero-order chi connectivity index (χ0) is 12.2. The van der Waals surface area contributed by atoms with E-state index in [9.17, 15) is 13.2 Å². The molecule has 0 radical (unpaired) electrons. The minimum absolute atomic E-state index is 0.0559. The molecule has 0 spiro atoms. The fourth-order valence-corrected chi connectivity index (χ4v) is 1.72. The van der Waals surface area contributed by atoms with Gasteiger partial charge in [0.1, 0.15) is 0 Å². The molecule has 0 aromatic heterocycles. The lowest BCUT2D eigenvalue weighted by Crippen LogP contribution is -2.11. The number of halogens is 4. The second-order valence-corrected chi connectivity index (χ2v) is 4.24. The SMILES string of the molecule is Nc1ccc(NCCCC(F)(F)F)c(Br)c1. The lowest BCUT2D eigenvalue weighted by Gasteiger charge is -2.10. The van der Waals surface area contributed by atoms with Gasteiger partial charge in [-0.15, -0.1) is 0 Å². The van der Waals surface area contributed by atoms with Crippen LogP contribution in [0.15, 0.2) is 22.7 Å². The number of nitrogens with one attached hydrogen (secondary N) is 1. The molecule has 0 aliphatic heterocycles. The molecule has 0 fully saturated rings. The van der Waals surface area contributed by atoms with E-state index in [1.807, 2.05) is 0 Å². The molecule has 0 aliphatic rings. The summed E-state index contributed by atoms with van der Waals surface area (Å²) in [5.74, 6) is 0. The van der Waals surface area contributed by atoms with Crippen LogP contribution < -0.4 is 11.1 Å². The molecular formula is C10H12BrF3N2. The van der Waals surface area contributed by atoms with Crippen LogP contribution in [0.5, 0.6) is 0 Å². The number of hydrogen-bond donors (Lipinski definition) is 2. The summed E-state index contributed by atoms with van der Waals surface area (Å²) in [7, 11) is 0. The van der Waals surface area contributed by atoms with Crippen molar-refractivity contribution in [3.63, 3.8) is 0 Å². The van der Waals surface area contributed by atoms with Gasteiger partial charge in [-0.25, -0.2) is 0 Å². The van der Waals surface area contributed by atoms with Crippen molar-refractivity contribution in [3.8, 4) is 0 Å². The number of rotatable bonds is 4. The van der Waals surface area contributed by atoms with Gasteiger partial charge in [0, 0.05) is 28.8 Å². The molecule has 1 aromatic rings. The molecule has 90 valence electrons. The Hall–Kier alpha value is -0.910. The Bertz CT molecular complexity index is 352. The molecule has 1 rings (SSSR count). The third-order valence-corrected chi connectivity index (χ3v) is 2.60. The van der Waals surface area contributed by atoms with Gasteiger partial charge in [-0.05, 0) is 40.5 Å². The van der Waals surface area contributed by atoms with E-state index in [4.69, 9.17) is 5.73 Å². The molecule has 1 aromatic carbocycles. The monoisotopic (exact) mass is 296 g/mol. The second-order valence-electron chi connectivity index (χ2n) is 3.38. The van der Waals surface area contributed by atoms with Gasteiger partial charge in [0.15, 0.2) is 0 Å². The lowest BCUT2D eigenvalue weighted by atomic mass is 10.2. The summed E-state index contributed by atoms with van der Waals surface area (Å²) in [5.41, 5.74) is 6.88. The Morgan fingerprint density at radius 2 is 2.00 bits per heavy atom. The highest BCUT2D eigenvalue weighted by Crippen LogP contribution is 2.25. The number of hydrogen-bond acceptors (Lipinski definition) is 2. The van der Waals surface area contributed by atoms with Gasteiger partial charge in [0.25, 0.3) is 0 Å². The molecule has 2 nitrogen and oxygen atoms in total. The van der Waals surface area contributed by atoms with Crippen LogP contribution in [-0.2, 0) is 0 Å². The molecule has 0 amide bonds. The largest absolute Gasteiger partial charge is 0.399 e. The molecule has 0 bridgehead atoms. The summed E-state index contributed by atoms with van der Waals surface area (Å²) >= 11 is 3.27. The van der Waals surface area contributed by atoms with Gasteiger partial charge in [-0.3, -0.25) is 0 Å². The fraction of sp³-hybridized carbons (Fsp3) is 0.400. The third-order valence-electron chi connectivity index (χ3n) is 1.95. The van der Waals surface area contributed by atoms with Crippen LogP contribution in [-0.4, -0.2) is 12.7 Å². The first-order valence-electron chi connectivity index (χ1n) is 4.74. The maximum atomic E-state index is 11.9. The van der Waals surface area contributed by atoms with Crippen LogP contribution in [0.4, 0.5) is 24.5 Å². The molecular weight excluding hydrogens is 285 g/mol. The Balaban J connectivity index is 2.38. The van der Waals surface area contributed by atoms with Crippen molar-refractivity contribution in [3.05, 3.63) is 22.7 Å². The first kappa shape index (κ1) is 13.2. The molecule has 6 heteroatoms. The summed E-state index contributed by atoms with van der Waals surface area (Å²) < 4.78 is 36.3. The number of nitrogen functional groups attached to an aromatic ring is 1. The van der Waals surface area contributed by atoms with Gasteiger partial charge in [-0.2, -0.15) is 13.2 Å². The van der Waals surface area contributed by atoms with Gasteiger partial charge in [0.05, 0.1) is 0 Å². The molecule has 0 atom stereocenters. The van der Waals surface area contributed by atoms with Crippen molar-refractivity contribution in [2.75, 3.05) is 17.6 Å². The van der Waals surface area contributed by atoms with E-state index >= 15 is 0 Å². The third kappa shape index (κ3) is 4.74. The van der Waals surface area contributed by atoms with Crippen molar-refractivity contribution in [2.24, 2.45) is 0 Å². The highest BCUT2D eigenvalue weighted by atomic mass is 79.9. The quantitative estimate of drug-likeness (QED) is 0.655. The van der Waals surface area contributed by atoms with E-state index in [1.165, 1.54) is 0 Å². The van der Waals surface area contributed by atoms with E-state index in [1.54, 1.807) is 18.2 Å². The number of alkyl halides is 3. The molecule has 0 heterocycles. The van der Waals surface area contributed by atoms with Gasteiger partial charge < -0.3 is 11.1 Å². The minimum Gasteiger partial charge on any atom is -0.399 e. The summed E-state index contributed by atoms with van der Waals surface area (Å²) in [5, 5.41) is 2.91. The molecule has 3 N–H and O–H groups in total. The Morgan fingerprint density at radius 3 is 2.56 bits per heavy atom. The number of benzene rings is 1. The molecule has 0 saturated carbocycles. The zero-order valence-electron chi connectivity index (χ0n) is 8.44. The first-order chi connectivity index (χ1) is 7.38.